The van der Waals surface area contributed by atoms with Crippen LogP contribution in [0.3, 0.4) is 0 Å². The first kappa shape index (κ1) is 7.66. The molecule has 0 atom stereocenters. The first-order valence-corrected chi connectivity index (χ1v) is 3.73. The van der Waals surface area contributed by atoms with Crippen LogP contribution in [0.2, 0.25) is 0 Å². The van der Waals surface area contributed by atoms with Crippen molar-refractivity contribution >= 4 is 6.21 Å². The number of rotatable bonds is 2. The summed E-state index contributed by atoms with van der Waals surface area (Å²) >= 11 is 0. The van der Waals surface area contributed by atoms with Gasteiger partial charge >= 0.3 is 0 Å². The Balaban J connectivity index is 2.14. The summed E-state index contributed by atoms with van der Waals surface area (Å²) in [4.78, 5) is 0. The van der Waals surface area contributed by atoms with E-state index < -0.39 is 0 Å². The smallest absolute Gasteiger partial charge is 0.141 e. The average molecular weight is 176 g/mol. The average Bonchev–Trinajstić information content (AvgIpc) is 2.71. The maximum Gasteiger partial charge on any atom is 0.141 e. The molecule has 0 aliphatic carbocycles. The highest BCUT2D eigenvalue weighted by molar-refractivity contribution is 5.76. The monoisotopic (exact) mass is 176 g/mol. The van der Waals surface area contributed by atoms with Crippen molar-refractivity contribution in [3.63, 3.8) is 0 Å². The number of nitrogens with zero attached hydrogens (tertiary/aromatic N) is 6. The second-order valence-corrected chi connectivity index (χ2v) is 2.50. The molecule has 0 fully saturated rings. The molecule has 0 unspecified atom stereocenters. The van der Waals surface area contributed by atoms with Crippen molar-refractivity contribution in [1.29, 1.82) is 0 Å². The molecule has 0 aliphatic rings. The summed E-state index contributed by atoms with van der Waals surface area (Å²) in [5.41, 5.74) is 0.802. The molecular weight excluding hydrogens is 168 g/mol. The van der Waals surface area contributed by atoms with E-state index in [2.05, 4.69) is 20.4 Å². The number of aromatic nitrogens is 5. The van der Waals surface area contributed by atoms with E-state index in [1.807, 2.05) is 19.3 Å². The van der Waals surface area contributed by atoms with E-state index in [0.717, 1.165) is 5.69 Å². The minimum atomic E-state index is 0.802. The van der Waals surface area contributed by atoms with Crippen LogP contribution in [0.15, 0.2) is 30.0 Å². The number of aryl methyl sites for hydroxylation is 1. The Morgan fingerprint density at radius 1 is 1.38 bits per heavy atom. The van der Waals surface area contributed by atoms with Crippen molar-refractivity contribution < 1.29 is 0 Å². The van der Waals surface area contributed by atoms with Crippen LogP contribution in [-0.4, -0.2) is 30.9 Å². The molecule has 2 heterocycles. The summed E-state index contributed by atoms with van der Waals surface area (Å²) in [5.74, 6) is 0. The van der Waals surface area contributed by atoms with Gasteiger partial charge in [0.1, 0.15) is 18.3 Å². The minimum absolute atomic E-state index is 0.802. The first-order valence-electron chi connectivity index (χ1n) is 3.73. The second kappa shape index (κ2) is 3.18. The first-order chi connectivity index (χ1) is 6.34. The molecule has 0 saturated heterocycles. The summed E-state index contributed by atoms with van der Waals surface area (Å²) in [7, 11) is 1.86. The van der Waals surface area contributed by atoms with Gasteiger partial charge in [0.05, 0.1) is 6.21 Å². The summed E-state index contributed by atoms with van der Waals surface area (Å²) in [6.45, 7) is 0. The second-order valence-electron chi connectivity index (χ2n) is 2.50. The molecule has 13 heavy (non-hydrogen) atoms. The fraction of sp³-hybridized carbons (Fsp3) is 0.143. The highest BCUT2D eigenvalue weighted by Gasteiger charge is 1.90. The van der Waals surface area contributed by atoms with Gasteiger partial charge in [0, 0.05) is 13.2 Å². The molecule has 0 spiro atoms. The van der Waals surface area contributed by atoms with Crippen molar-refractivity contribution in [1.82, 2.24) is 24.7 Å². The fourth-order valence-electron chi connectivity index (χ4n) is 0.883. The van der Waals surface area contributed by atoms with Crippen LogP contribution in [0, 0.1) is 0 Å². The van der Waals surface area contributed by atoms with Gasteiger partial charge in [-0.2, -0.15) is 10.2 Å². The lowest BCUT2D eigenvalue weighted by Crippen LogP contribution is -1.91. The van der Waals surface area contributed by atoms with Crippen molar-refractivity contribution in [2.24, 2.45) is 12.1 Å². The Kier molecular flexibility index (Phi) is 1.87. The van der Waals surface area contributed by atoms with Crippen molar-refractivity contribution in [3.8, 4) is 0 Å². The maximum absolute atomic E-state index is 4.12. The van der Waals surface area contributed by atoms with Crippen molar-refractivity contribution in [2.45, 2.75) is 0 Å². The molecule has 2 aromatic rings. The molecule has 0 aliphatic heterocycles. The standard InChI is InChI=1S/C7H8N6/c1-12-3-2-7(11-12)4-10-13-5-8-9-6-13/h2-6H,1H3/b10-4+. The van der Waals surface area contributed by atoms with Gasteiger partial charge in [0.25, 0.3) is 0 Å². The zero-order valence-electron chi connectivity index (χ0n) is 7.07. The molecule has 0 N–H and O–H groups in total. The Hall–Kier alpha value is -1.98. The zero-order valence-corrected chi connectivity index (χ0v) is 7.07. The molecule has 0 aromatic carbocycles. The van der Waals surface area contributed by atoms with E-state index in [9.17, 15) is 0 Å². The van der Waals surface area contributed by atoms with E-state index in [-0.39, 0.29) is 0 Å². The largest absolute Gasteiger partial charge is 0.275 e. The maximum atomic E-state index is 4.12. The van der Waals surface area contributed by atoms with E-state index in [1.54, 1.807) is 10.9 Å². The lowest BCUT2D eigenvalue weighted by molar-refractivity contribution is 0.764. The van der Waals surface area contributed by atoms with Crippen LogP contribution in [0.4, 0.5) is 0 Å². The molecule has 6 nitrogen and oxygen atoms in total. The Bertz CT molecular complexity index is 398. The zero-order chi connectivity index (χ0) is 9.10. The van der Waals surface area contributed by atoms with E-state index in [4.69, 9.17) is 0 Å². The van der Waals surface area contributed by atoms with Gasteiger partial charge in [-0.3, -0.25) is 4.68 Å². The van der Waals surface area contributed by atoms with Gasteiger partial charge in [0.15, 0.2) is 0 Å². The van der Waals surface area contributed by atoms with Gasteiger partial charge < -0.3 is 0 Å². The predicted molar refractivity (Wildman–Crippen MR) is 46.2 cm³/mol. The third kappa shape index (κ3) is 1.78. The Morgan fingerprint density at radius 3 is 2.77 bits per heavy atom. The van der Waals surface area contributed by atoms with E-state index in [1.165, 1.54) is 17.3 Å². The van der Waals surface area contributed by atoms with E-state index >= 15 is 0 Å². The van der Waals surface area contributed by atoms with Crippen LogP contribution >= 0.6 is 0 Å². The van der Waals surface area contributed by atoms with Gasteiger partial charge in [0.2, 0.25) is 0 Å². The molecule has 0 bridgehead atoms. The van der Waals surface area contributed by atoms with Crippen LogP contribution in [0.5, 0.6) is 0 Å². The predicted octanol–water partition coefficient (Wildman–Crippen LogP) is -0.106. The summed E-state index contributed by atoms with van der Waals surface area (Å²) in [6.07, 6.45) is 6.52. The molecule has 0 radical (unpaired) electrons. The van der Waals surface area contributed by atoms with Crippen LogP contribution in [0.25, 0.3) is 0 Å². The van der Waals surface area contributed by atoms with Gasteiger partial charge in [-0.15, -0.1) is 10.2 Å². The molecule has 66 valence electrons. The van der Waals surface area contributed by atoms with Crippen molar-refractivity contribution in [3.05, 3.63) is 30.6 Å². The van der Waals surface area contributed by atoms with Gasteiger partial charge in [-0.05, 0) is 6.07 Å². The third-order valence-electron chi connectivity index (χ3n) is 1.46. The van der Waals surface area contributed by atoms with Gasteiger partial charge in [-0.1, -0.05) is 0 Å². The Morgan fingerprint density at radius 2 is 2.15 bits per heavy atom. The summed E-state index contributed by atoms with van der Waals surface area (Å²) in [6, 6.07) is 1.87. The molecule has 2 aromatic heterocycles. The lowest BCUT2D eigenvalue weighted by Gasteiger charge is -1.86. The highest BCUT2D eigenvalue weighted by Crippen LogP contribution is 1.89. The Labute approximate surface area is 74.5 Å². The third-order valence-corrected chi connectivity index (χ3v) is 1.46. The minimum Gasteiger partial charge on any atom is -0.275 e. The number of hydrogen-bond acceptors (Lipinski definition) is 4. The SMILES string of the molecule is Cn1ccc(/C=N/n2cnnc2)n1. The summed E-state index contributed by atoms with van der Waals surface area (Å²) in [5, 5.41) is 15.4. The normalized spacial score (nSPS) is 11.2. The quantitative estimate of drug-likeness (QED) is 0.600. The van der Waals surface area contributed by atoms with Gasteiger partial charge in [-0.25, -0.2) is 4.68 Å². The van der Waals surface area contributed by atoms with Crippen LogP contribution in [-0.2, 0) is 7.05 Å². The van der Waals surface area contributed by atoms with Crippen LogP contribution in [0.1, 0.15) is 5.69 Å². The molecule has 2 rings (SSSR count). The topological polar surface area (TPSA) is 60.9 Å². The molecule has 0 saturated carbocycles. The summed E-state index contributed by atoms with van der Waals surface area (Å²) < 4.78 is 3.22. The number of hydrogen-bond donors (Lipinski definition) is 0. The van der Waals surface area contributed by atoms with Crippen molar-refractivity contribution in [2.75, 3.05) is 0 Å². The fourth-order valence-corrected chi connectivity index (χ4v) is 0.883. The van der Waals surface area contributed by atoms with E-state index in [0.29, 0.717) is 0 Å². The van der Waals surface area contributed by atoms with Crippen LogP contribution < -0.4 is 0 Å². The molecule has 6 heteroatoms. The highest BCUT2D eigenvalue weighted by atomic mass is 15.4. The lowest BCUT2D eigenvalue weighted by atomic mass is 10.5. The molecule has 0 amide bonds. The molecular formula is C7H8N6.